The summed E-state index contributed by atoms with van der Waals surface area (Å²) in [5, 5.41) is 3.56. The van der Waals surface area contributed by atoms with Gasteiger partial charge in [-0.3, -0.25) is 4.79 Å². The van der Waals surface area contributed by atoms with Gasteiger partial charge in [0.05, 0.1) is 11.0 Å². The molecule has 0 aliphatic rings. The molecule has 0 atom stereocenters. The maximum atomic E-state index is 12.2. The van der Waals surface area contributed by atoms with Gasteiger partial charge in [-0.15, -0.1) is 0 Å². The first-order valence-electron chi connectivity index (χ1n) is 10.8. The van der Waals surface area contributed by atoms with Crippen molar-refractivity contribution in [3.8, 4) is 5.75 Å². The van der Waals surface area contributed by atoms with E-state index in [2.05, 4.69) is 40.2 Å². The molecular formula is C26H26ClN3O2. The van der Waals surface area contributed by atoms with Crippen molar-refractivity contribution in [2.45, 2.75) is 25.8 Å². The predicted octanol–water partition coefficient (Wildman–Crippen LogP) is 5.06. The molecule has 0 bridgehead atoms. The summed E-state index contributed by atoms with van der Waals surface area (Å²) in [5.41, 5.74) is 3.46. The second-order valence-corrected chi connectivity index (χ2v) is 8.04. The number of halogens is 1. The van der Waals surface area contributed by atoms with E-state index < -0.39 is 0 Å². The average molecular weight is 448 g/mol. The maximum absolute atomic E-state index is 12.2. The molecule has 164 valence electrons. The van der Waals surface area contributed by atoms with Gasteiger partial charge in [0.25, 0.3) is 5.91 Å². The first-order chi connectivity index (χ1) is 15.7. The number of aryl methyl sites for hydroxylation is 2. The number of aromatic nitrogens is 2. The molecule has 4 rings (SSSR count). The molecule has 3 aromatic carbocycles. The quantitative estimate of drug-likeness (QED) is 0.369. The molecule has 0 radical (unpaired) electrons. The lowest BCUT2D eigenvalue weighted by Gasteiger charge is -2.11. The highest BCUT2D eigenvalue weighted by molar-refractivity contribution is 6.30. The largest absolute Gasteiger partial charge is 0.484 e. The average Bonchev–Trinajstić information content (AvgIpc) is 3.17. The second kappa shape index (κ2) is 10.8. The topological polar surface area (TPSA) is 56.1 Å². The number of carbonyl (C=O) groups excluding carboxylic acids is 1. The number of nitrogens with zero attached hydrogens (tertiary/aromatic N) is 2. The second-order valence-electron chi connectivity index (χ2n) is 7.60. The first-order valence-corrected chi connectivity index (χ1v) is 11.2. The van der Waals surface area contributed by atoms with Crippen LogP contribution in [0, 0.1) is 0 Å². The third-order valence-corrected chi connectivity index (χ3v) is 5.53. The molecule has 32 heavy (non-hydrogen) atoms. The molecule has 1 amide bonds. The highest BCUT2D eigenvalue weighted by Crippen LogP contribution is 2.18. The van der Waals surface area contributed by atoms with E-state index in [4.69, 9.17) is 21.3 Å². The van der Waals surface area contributed by atoms with Crippen LogP contribution in [0.15, 0.2) is 78.9 Å². The van der Waals surface area contributed by atoms with Crippen molar-refractivity contribution in [3.05, 3.63) is 95.3 Å². The fraction of sp³-hybridized carbons (Fsp3) is 0.231. The zero-order valence-electron chi connectivity index (χ0n) is 17.8. The summed E-state index contributed by atoms with van der Waals surface area (Å²) in [6.07, 6.45) is 2.71. The van der Waals surface area contributed by atoms with Gasteiger partial charge in [-0.1, -0.05) is 54.1 Å². The number of nitrogens with one attached hydrogen (secondary N) is 1. The number of imidazole rings is 1. The number of fused-ring (bicyclic) bond motifs is 1. The van der Waals surface area contributed by atoms with Crippen LogP contribution >= 0.6 is 11.6 Å². The van der Waals surface area contributed by atoms with E-state index in [0.717, 1.165) is 36.2 Å². The van der Waals surface area contributed by atoms with Gasteiger partial charge in [0.2, 0.25) is 0 Å². The Kier molecular flexibility index (Phi) is 7.41. The van der Waals surface area contributed by atoms with Gasteiger partial charge in [0.1, 0.15) is 11.6 Å². The Balaban J connectivity index is 1.32. The number of carbonyl (C=O) groups is 1. The Morgan fingerprint density at radius 2 is 1.69 bits per heavy atom. The summed E-state index contributed by atoms with van der Waals surface area (Å²) in [4.78, 5) is 17.0. The Morgan fingerprint density at radius 3 is 2.50 bits per heavy atom. The number of para-hydroxylation sites is 2. The van der Waals surface area contributed by atoms with Crippen LogP contribution < -0.4 is 10.1 Å². The lowest BCUT2D eigenvalue weighted by molar-refractivity contribution is -0.123. The van der Waals surface area contributed by atoms with Crippen LogP contribution in [0.4, 0.5) is 0 Å². The SMILES string of the molecule is O=C(COc1ccc(Cl)cc1)NCCc1nc2ccccc2n1CCCc1ccccc1. The third-order valence-electron chi connectivity index (χ3n) is 5.28. The summed E-state index contributed by atoms with van der Waals surface area (Å²) in [7, 11) is 0. The van der Waals surface area contributed by atoms with Gasteiger partial charge in [-0.2, -0.15) is 0 Å². The minimum absolute atomic E-state index is 0.0326. The minimum atomic E-state index is -0.160. The van der Waals surface area contributed by atoms with E-state index in [-0.39, 0.29) is 12.5 Å². The van der Waals surface area contributed by atoms with E-state index in [1.807, 2.05) is 24.3 Å². The molecule has 1 heterocycles. The van der Waals surface area contributed by atoms with Crippen LogP contribution in [-0.4, -0.2) is 28.6 Å². The summed E-state index contributed by atoms with van der Waals surface area (Å²) in [6.45, 7) is 1.36. The highest BCUT2D eigenvalue weighted by atomic mass is 35.5. The number of rotatable bonds is 10. The van der Waals surface area contributed by atoms with Gasteiger partial charge < -0.3 is 14.6 Å². The van der Waals surface area contributed by atoms with Crippen LogP contribution in [0.1, 0.15) is 17.8 Å². The summed E-state index contributed by atoms with van der Waals surface area (Å²) < 4.78 is 7.77. The number of benzene rings is 3. The smallest absolute Gasteiger partial charge is 0.257 e. The first kappa shape index (κ1) is 21.9. The van der Waals surface area contributed by atoms with Crippen molar-refractivity contribution in [3.63, 3.8) is 0 Å². The van der Waals surface area contributed by atoms with Crippen LogP contribution in [0.2, 0.25) is 5.02 Å². The van der Waals surface area contributed by atoms with E-state index in [9.17, 15) is 4.79 Å². The summed E-state index contributed by atoms with van der Waals surface area (Å²) >= 11 is 5.86. The minimum Gasteiger partial charge on any atom is -0.484 e. The van der Waals surface area contributed by atoms with Gasteiger partial charge >= 0.3 is 0 Å². The van der Waals surface area contributed by atoms with Crippen LogP contribution in [0.3, 0.4) is 0 Å². The van der Waals surface area contributed by atoms with E-state index in [0.29, 0.717) is 23.7 Å². The third kappa shape index (κ3) is 5.89. The molecule has 0 saturated carbocycles. The molecule has 0 unspecified atom stereocenters. The molecule has 1 aromatic heterocycles. The van der Waals surface area contributed by atoms with Crippen LogP contribution in [-0.2, 0) is 24.2 Å². The lowest BCUT2D eigenvalue weighted by atomic mass is 10.1. The maximum Gasteiger partial charge on any atom is 0.257 e. The fourth-order valence-electron chi connectivity index (χ4n) is 3.70. The van der Waals surface area contributed by atoms with Crippen molar-refractivity contribution in [1.29, 1.82) is 0 Å². The predicted molar refractivity (Wildman–Crippen MR) is 128 cm³/mol. The van der Waals surface area contributed by atoms with E-state index in [1.54, 1.807) is 24.3 Å². The normalized spacial score (nSPS) is 10.9. The molecule has 0 fully saturated rings. The Bertz CT molecular complexity index is 1160. The van der Waals surface area contributed by atoms with Crippen molar-refractivity contribution in [2.75, 3.05) is 13.2 Å². The van der Waals surface area contributed by atoms with Crippen molar-refractivity contribution >= 4 is 28.5 Å². The zero-order chi connectivity index (χ0) is 22.2. The molecule has 6 heteroatoms. The van der Waals surface area contributed by atoms with Gasteiger partial charge in [0.15, 0.2) is 6.61 Å². The lowest BCUT2D eigenvalue weighted by Crippen LogP contribution is -2.31. The number of hydrogen-bond donors (Lipinski definition) is 1. The highest BCUT2D eigenvalue weighted by Gasteiger charge is 2.11. The molecule has 0 spiro atoms. The Morgan fingerprint density at radius 1 is 0.938 bits per heavy atom. The van der Waals surface area contributed by atoms with Gasteiger partial charge in [-0.05, 0) is 54.8 Å². The summed E-state index contributed by atoms with van der Waals surface area (Å²) in [6, 6.07) is 25.6. The molecule has 1 N–H and O–H groups in total. The van der Waals surface area contributed by atoms with E-state index >= 15 is 0 Å². The molecule has 0 aliphatic heterocycles. The Hall–Kier alpha value is -3.31. The summed E-state index contributed by atoms with van der Waals surface area (Å²) in [5.74, 6) is 1.44. The van der Waals surface area contributed by atoms with Crippen molar-refractivity contribution in [2.24, 2.45) is 0 Å². The monoisotopic (exact) mass is 447 g/mol. The zero-order valence-corrected chi connectivity index (χ0v) is 18.6. The number of amides is 1. The van der Waals surface area contributed by atoms with Gasteiger partial charge in [-0.25, -0.2) is 4.98 Å². The number of ether oxygens (including phenoxy) is 1. The van der Waals surface area contributed by atoms with Crippen LogP contribution in [0.5, 0.6) is 5.75 Å². The van der Waals surface area contributed by atoms with E-state index in [1.165, 1.54) is 5.56 Å². The molecule has 0 saturated heterocycles. The Labute approximate surface area is 193 Å². The number of hydrogen-bond acceptors (Lipinski definition) is 3. The van der Waals surface area contributed by atoms with Crippen LogP contribution in [0.25, 0.3) is 11.0 Å². The molecule has 0 aliphatic carbocycles. The standard InChI is InChI=1S/C26H26ClN3O2/c27-21-12-14-22(15-13-21)32-19-26(31)28-17-16-25-29-23-10-4-5-11-24(23)30(25)18-6-9-20-7-2-1-3-8-20/h1-5,7-8,10-15H,6,9,16-19H2,(H,28,31). The molecule has 5 nitrogen and oxygen atoms in total. The van der Waals surface area contributed by atoms with Crippen molar-refractivity contribution in [1.82, 2.24) is 14.9 Å². The van der Waals surface area contributed by atoms with Gasteiger partial charge in [0, 0.05) is 24.5 Å². The molecular weight excluding hydrogens is 422 g/mol. The fourth-order valence-corrected chi connectivity index (χ4v) is 3.82. The van der Waals surface area contributed by atoms with Crippen molar-refractivity contribution < 1.29 is 9.53 Å². The molecule has 4 aromatic rings.